The lowest BCUT2D eigenvalue weighted by molar-refractivity contribution is -0.144. The highest BCUT2D eigenvalue weighted by Crippen LogP contribution is 2.21. The van der Waals surface area contributed by atoms with Crippen molar-refractivity contribution in [3.63, 3.8) is 0 Å². The van der Waals surface area contributed by atoms with Crippen LogP contribution in [0.4, 0.5) is 0 Å². The maximum absolute atomic E-state index is 11.4. The molecule has 0 aliphatic carbocycles. The fourth-order valence-corrected chi connectivity index (χ4v) is 1.87. The molecule has 1 aromatic heterocycles. The Balaban J connectivity index is 3.24. The number of carbonyl (C=O) groups excluding carboxylic acids is 1. The number of hydrogen-bond donors (Lipinski definition) is 1. The first-order chi connectivity index (χ1) is 7.40. The Morgan fingerprint density at radius 2 is 2.00 bits per heavy atom. The zero-order chi connectivity index (χ0) is 12.5. The standard InChI is InChI=1S/C11H15NO4/c1-6-5-9(10(13)14)7(2)12(6)8(3)11(15)16-4/h5,8H,1-4H3,(H,13,14). The van der Waals surface area contributed by atoms with Crippen molar-refractivity contribution in [3.05, 3.63) is 23.0 Å². The van der Waals surface area contributed by atoms with E-state index < -0.39 is 18.0 Å². The molecule has 0 saturated heterocycles. The van der Waals surface area contributed by atoms with E-state index in [-0.39, 0.29) is 5.56 Å². The third-order valence-corrected chi connectivity index (χ3v) is 2.64. The first kappa shape index (κ1) is 12.3. The van der Waals surface area contributed by atoms with Crippen LogP contribution in [0.2, 0.25) is 0 Å². The van der Waals surface area contributed by atoms with Crippen LogP contribution in [0.1, 0.15) is 34.7 Å². The maximum Gasteiger partial charge on any atom is 0.337 e. The number of carboxylic acids is 1. The topological polar surface area (TPSA) is 68.5 Å². The van der Waals surface area contributed by atoms with Crippen LogP contribution in [-0.2, 0) is 9.53 Å². The van der Waals surface area contributed by atoms with Crippen LogP contribution in [0.3, 0.4) is 0 Å². The Labute approximate surface area is 93.6 Å². The van der Waals surface area contributed by atoms with Gasteiger partial charge in [-0.3, -0.25) is 0 Å². The number of methoxy groups -OCH3 is 1. The van der Waals surface area contributed by atoms with Gasteiger partial charge in [-0.25, -0.2) is 9.59 Å². The molecule has 0 amide bonds. The van der Waals surface area contributed by atoms with E-state index >= 15 is 0 Å². The number of aromatic carboxylic acids is 1. The fraction of sp³-hybridized carbons (Fsp3) is 0.455. The number of nitrogens with zero attached hydrogens (tertiary/aromatic N) is 1. The lowest BCUT2D eigenvalue weighted by atomic mass is 10.2. The van der Waals surface area contributed by atoms with Crippen molar-refractivity contribution in [2.24, 2.45) is 0 Å². The minimum absolute atomic E-state index is 0.216. The highest BCUT2D eigenvalue weighted by atomic mass is 16.5. The molecule has 0 radical (unpaired) electrons. The van der Waals surface area contributed by atoms with Gasteiger partial charge < -0.3 is 14.4 Å². The summed E-state index contributed by atoms with van der Waals surface area (Å²) in [6.07, 6.45) is 0. The number of rotatable bonds is 3. The molecule has 0 spiro atoms. The van der Waals surface area contributed by atoms with Gasteiger partial charge in [-0.15, -0.1) is 0 Å². The first-order valence-electron chi connectivity index (χ1n) is 4.89. The zero-order valence-corrected chi connectivity index (χ0v) is 9.77. The SMILES string of the molecule is COC(=O)C(C)n1c(C)cc(C(=O)O)c1C. The summed E-state index contributed by atoms with van der Waals surface area (Å²) in [4.78, 5) is 22.3. The molecule has 0 aliphatic heterocycles. The van der Waals surface area contributed by atoms with Crippen molar-refractivity contribution >= 4 is 11.9 Å². The number of esters is 1. The number of carbonyl (C=O) groups is 2. The third kappa shape index (κ3) is 1.93. The Morgan fingerprint density at radius 3 is 2.38 bits per heavy atom. The van der Waals surface area contributed by atoms with Crippen LogP contribution in [0, 0.1) is 13.8 Å². The third-order valence-electron chi connectivity index (χ3n) is 2.64. The predicted octanol–water partition coefficient (Wildman–Crippen LogP) is 1.54. The molecular formula is C11H15NO4. The normalized spacial score (nSPS) is 12.2. The van der Waals surface area contributed by atoms with Gasteiger partial charge in [0, 0.05) is 11.4 Å². The minimum atomic E-state index is -0.989. The summed E-state index contributed by atoms with van der Waals surface area (Å²) >= 11 is 0. The minimum Gasteiger partial charge on any atom is -0.478 e. The van der Waals surface area contributed by atoms with Gasteiger partial charge in [0.05, 0.1) is 12.7 Å². The number of aromatic nitrogens is 1. The number of carboxylic acid groups (broad SMARTS) is 1. The lowest BCUT2D eigenvalue weighted by Crippen LogP contribution is -2.20. The second-order valence-corrected chi connectivity index (χ2v) is 3.66. The maximum atomic E-state index is 11.4. The molecular weight excluding hydrogens is 210 g/mol. The van der Waals surface area contributed by atoms with E-state index in [4.69, 9.17) is 5.11 Å². The number of hydrogen-bond acceptors (Lipinski definition) is 3. The van der Waals surface area contributed by atoms with Gasteiger partial charge in [0.15, 0.2) is 0 Å². The monoisotopic (exact) mass is 225 g/mol. The second kappa shape index (κ2) is 4.38. The second-order valence-electron chi connectivity index (χ2n) is 3.66. The van der Waals surface area contributed by atoms with Crippen molar-refractivity contribution < 1.29 is 19.4 Å². The van der Waals surface area contributed by atoms with E-state index in [1.54, 1.807) is 31.4 Å². The average Bonchev–Trinajstić information content (AvgIpc) is 2.52. The molecule has 1 atom stereocenters. The molecule has 1 N–H and O–H groups in total. The van der Waals surface area contributed by atoms with E-state index in [0.717, 1.165) is 5.69 Å². The highest BCUT2D eigenvalue weighted by Gasteiger charge is 2.22. The molecule has 5 nitrogen and oxygen atoms in total. The number of aryl methyl sites for hydroxylation is 1. The molecule has 5 heteroatoms. The fourth-order valence-electron chi connectivity index (χ4n) is 1.87. The van der Waals surface area contributed by atoms with Crippen LogP contribution in [0.25, 0.3) is 0 Å². The van der Waals surface area contributed by atoms with Crippen LogP contribution < -0.4 is 0 Å². The Hall–Kier alpha value is -1.78. The largest absolute Gasteiger partial charge is 0.478 e. The lowest BCUT2D eigenvalue weighted by Gasteiger charge is -2.15. The summed E-state index contributed by atoms with van der Waals surface area (Å²) in [7, 11) is 1.31. The summed E-state index contributed by atoms with van der Waals surface area (Å²) in [5.74, 6) is -1.38. The zero-order valence-electron chi connectivity index (χ0n) is 9.77. The Morgan fingerprint density at radius 1 is 1.44 bits per heavy atom. The van der Waals surface area contributed by atoms with Crippen molar-refractivity contribution in [3.8, 4) is 0 Å². The average molecular weight is 225 g/mol. The molecule has 0 aliphatic rings. The highest BCUT2D eigenvalue weighted by molar-refractivity contribution is 5.89. The molecule has 1 unspecified atom stereocenters. The summed E-state index contributed by atoms with van der Waals surface area (Å²) in [5, 5.41) is 8.95. The van der Waals surface area contributed by atoms with E-state index in [1.165, 1.54) is 7.11 Å². The Kier molecular flexibility index (Phi) is 3.37. The van der Waals surface area contributed by atoms with Gasteiger partial charge in [0.1, 0.15) is 6.04 Å². The van der Waals surface area contributed by atoms with E-state index in [9.17, 15) is 9.59 Å². The molecule has 1 rings (SSSR count). The summed E-state index contributed by atoms with van der Waals surface area (Å²) in [6.45, 7) is 5.12. The van der Waals surface area contributed by atoms with Crippen LogP contribution in [0.15, 0.2) is 6.07 Å². The van der Waals surface area contributed by atoms with Gasteiger partial charge in [-0.2, -0.15) is 0 Å². The van der Waals surface area contributed by atoms with Crippen LogP contribution in [-0.4, -0.2) is 28.7 Å². The number of ether oxygens (including phenoxy) is 1. The van der Waals surface area contributed by atoms with Gasteiger partial charge in [-0.1, -0.05) is 0 Å². The molecule has 0 fully saturated rings. The van der Waals surface area contributed by atoms with Gasteiger partial charge in [0.2, 0.25) is 0 Å². The Bertz CT molecular complexity index is 433. The molecule has 1 heterocycles. The molecule has 16 heavy (non-hydrogen) atoms. The molecule has 0 bridgehead atoms. The van der Waals surface area contributed by atoms with Crippen molar-refractivity contribution in [1.29, 1.82) is 0 Å². The van der Waals surface area contributed by atoms with E-state index in [1.807, 2.05) is 0 Å². The summed E-state index contributed by atoms with van der Waals surface area (Å²) in [6, 6.07) is 1.04. The quantitative estimate of drug-likeness (QED) is 0.792. The van der Waals surface area contributed by atoms with Crippen LogP contribution >= 0.6 is 0 Å². The molecule has 0 aromatic carbocycles. The van der Waals surface area contributed by atoms with E-state index in [0.29, 0.717) is 5.69 Å². The molecule has 88 valence electrons. The van der Waals surface area contributed by atoms with Crippen LogP contribution in [0.5, 0.6) is 0 Å². The van der Waals surface area contributed by atoms with Gasteiger partial charge in [-0.05, 0) is 26.8 Å². The molecule has 0 saturated carbocycles. The summed E-state index contributed by atoms with van der Waals surface area (Å²) < 4.78 is 6.30. The van der Waals surface area contributed by atoms with Crippen molar-refractivity contribution in [2.75, 3.05) is 7.11 Å². The van der Waals surface area contributed by atoms with Crippen molar-refractivity contribution in [1.82, 2.24) is 4.57 Å². The predicted molar refractivity (Wildman–Crippen MR) is 57.6 cm³/mol. The molecule has 1 aromatic rings. The summed E-state index contributed by atoms with van der Waals surface area (Å²) in [5.41, 5.74) is 1.50. The smallest absolute Gasteiger partial charge is 0.337 e. The van der Waals surface area contributed by atoms with E-state index in [2.05, 4.69) is 4.74 Å². The van der Waals surface area contributed by atoms with Gasteiger partial charge >= 0.3 is 11.9 Å². The van der Waals surface area contributed by atoms with Crippen molar-refractivity contribution in [2.45, 2.75) is 26.8 Å². The first-order valence-corrected chi connectivity index (χ1v) is 4.89. The van der Waals surface area contributed by atoms with Gasteiger partial charge in [0.25, 0.3) is 0 Å².